The van der Waals surface area contributed by atoms with Crippen LogP contribution in [0.2, 0.25) is 0 Å². The van der Waals surface area contributed by atoms with Crippen LogP contribution in [0, 0.1) is 0 Å². The van der Waals surface area contributed by atoms with Gasteiger partial charge in [-0.25, -0.2) is 4.79 Å². The highest BCUT2D eigenvalue weighted by molar-refractivity contribution is 5.86. The number of carbonyl (C=O) groups excluding carboxylic acids is 2. The van der Waals surface area contributed by atoms with E-state index in [1.54, 1.807) is 0 Å². The largest absolute Gasteiger partial charge is 0.481 e. The highest BCUT2D eigenvalue weighted by atomic mass is 16.5. The fourth-order valence-electron chi connectivity index (χ4n) is 0.814. The van der Waals surface area contributed by atoms with Crippen molar-refractivity contribution in [2.75, 3.05) is 13.2 Å². The van der Waals surface area contributed by atoms with Gasteiger partial charge in [-0.2, -0.15) is 0 Å². The standard InChI is InChI=1S/C11H16O6/c1-8(2)11(15)17-7-3-6-16-10(14)5-4-9(12)13/h1,3-7H2,2H3,(H,12,13). The van der Waals surface area contributed by atoms with Crippen LogP contribution in [-0.4, -0.2) is 36.2 Å². The van der Waals surface area contributed by atoms with E-state index >= 15 is 0 Å². The Hall–Kier alpha value is -1.85. The van der Waals surface area contributed by atoms with Crippen LogP contribution in [0.4, 0.5) is 0 Å². The summed E-state index contributed by atoms with van der Waals surface area (Å²) in [6, 6.07) is 0. The lowest BCUT2D eigenvalue weighted by molar-refractivity contribution is -0.148. The Balaban J connectivity index is 3.45. The van der Waals surface area contributed by atoms with Crippen molar-refractivity contribution in [3.8, 4) is 0 Å². The Labute approximate surface area is 99.2 Å². The molecule has 0 spiro atoms. The summed E-state index contributed by atoms with van der Waals surface area (Å²) < 4.78 is 9.48. The number of carbonyl (C=O) groups is 3. The molecule has 6 heteroatoms. The van der Waals surface area contributed by atoms with Gasteiger partial charge < -0.3 is 14.6 Å². The maximum atomic E-state index is 10.9. The summed E-state index contributed by atoms with van der Waals surface area (Å²) in [6.07, 6.45) is -0.0256. The quantitative estimate of drug-likeness (QED) is 0.387. The van der Waals surface area contributed by atoms with E-state index in [1.165, 1.54) is 6.92 Å². The molecule has 0 atom stereocenters. The molecule has 17 heavy (non-hydrogen) atoms. The Kier molecular flexibility index (Phi) is 7.41. The van der Waals surface area contributed by atoms with Gasteiger partial charge in [0.1, 0.15) is 0 Å². The molecule has 0 rings (SSSR count). The average Bonchev–Trinajstić information content (AvgIpc) is 2.25. The van der Waals surface area contributed by atoms with Crippen molar-refractivity contribution in [1.82, 2.24) is 0 Å². The highest BCUT2D eigenvalue weighted by Gasteiger charge is 2.06. The van der Waals surface area contributed by atoms with Gasteiger partial charge in [-0.05, 0) is 6.92 Å². The van der Waals surface area contributed by atoms with E-state index in [2.05, 4.69) is 6.58 Å². The molecule has 0 aliphatic carbocycles. The molecule has 0 heterocycles. The zero-order valence-corrected chi connectivity index (χ0v) is 9.73. The first kappa shape index (κ1) is 15.2. The second-order valence-corrected chi connectivity index (χ2v) is 3.38. The molecule has 96 valence electrons. The van der Waals surface area contributed by atoms with E-state index < -0.39 is 17.9 Å². The van der Waals surface area contributed by atoms with Gasteiger partial charge in [0.15, 0.2) is 0 Å². The number of hydrogen-bond donors (Lipinski definition) is 1. The predicted molar refractivity (Wildman–Crippen MR) is 58.2 cm³/mol. The smallest absolute Gasteiger partial charge is 0.333 e. The van der Waals surface area contributed by atoms with Crippen molar-refractivity contribution >= 4 is 17.9 Å². The summed E-state index contributed by atoms with van der Waals surface area (Å²) in [5.41, 5.74) is 0.309. The zero-order valence-electron chi connectivity index (χ0n) is 9.73. The SMILES string of the molecule is C=C(C)C(=O)OCCCOC(=O)CCC(=O)O. The fraction of sp³-hybridized carbons (Fsp3) is 0.545. The van der Waals surface area contributed by atoms with Crippen molar-refractivity contribution < 1.29 is 29.0 Å². The van der Waals surface area contributed by atoms with Gasteiger partial charge in [0, 0.05) is 12.0 Å². The maximum absolute atomic E-state index is 10.9. The van der Waals surface area contributed by atoms with Gasteiger partial charge in [-0.1, -0.05) is 6.58 Å². The molecule has 0 radical (unpaired) electrons. The lowest BCUT2D eigenvalue weighted by atomic mass is 10.3. The summed E-state index contributed by atoms with van der Waals surface area (Å²) in [6.45, 7) is 5.18. The highest BCUT2D eigenvalue weighted by Crippen LogP contribution is 1.96. The number of carboxylic acids is 1. The van der Waals surface area contributed by atoms with Crippen molar-refractivity contribution in [2.24, 2.45) is 0 Å². The van der Waals surface area contributed by atoms with Crippen molar-refractivity contribution in [1.29, 1.82) is 0 Å². The third kappa shape index (κ3) is 9.10. The third-order valence-electron chi connectivity index (χ3n) is 1.68. The Bertz CT molecular complexity index is 307. The summed E-state index contributed by atoms with van der Waals surface area (Å²) >= 11 is 0. The molecule has 0 fully saturated rings. The summed E-state index contributed by atoms with van der Waals surface area (Å²) in [5, 5.41) is 8.31. The number of rotatable bonds is 8. The lowest BCUT2D eigenvalue weighted by Gasteiger charge is -2.05. The van der Waals surface area contributed by atoms with E-state index in [-0.39, 0.29) is 26.1 Å². The molecular formula is C11H16O6. The minimum Gasteiger partial charge on any atom is -0.481 e. The van der Waals surface area contributed by atoms with Gasteiger partial charge in [-0.15, -0.1) is 0 Å². The Morgan fingerprint density at radius 3 is 2.24 bits per heavy atom. The van der Waals surface area contributed by atoms with E-state index in [0.717, 1.165) is 0 Å². The normalized spacial score (nSPS) is 9.47. The molecule has 0 saturated heterocycles. The van der Waals surface area contributed by atoms with Crippen LogP contribution in [0.15, 0.2) is 12.2 Å². The Morgan fingerprint density at radius 2 is 1.71 bits per heavy atom. The molecule has 1 N–H and O–H groups in total. The van der Waals surface area contributed by atoms with Gasteiger partial charge in [0.2, 0.25) is 0 Å². The molecule has 6 nitrogen and oxygen atoms in total. The first-order chi connectivity index (χ1) is 7.93. The molecule has 0 saturated carbocycles. The van der Waals surface area contributed by atoms with Gasteiger partial charge in [0.25, 0.3) is 0 Å². The topological polar surface area (TPSA) is 89.9 Å². The van der Waals surface area contributed by atoms with Crippen molar-refractivity contribution in [2.45, 2.75) is 26.2 Å². The summed E-state index contributed by atoms with van der Waals surface area (Å²) in [4.78, 5) is 32.0. The van der Waals surface area contributed by atoms with E-state index in [0.29, 0.717) is 12.0 Å². The van der Waals surface area contributed by atoms with Gasteiger partial charge >= 0.3 is 17.9 Å². The number of aliphatic carboxylic acids is 1. The summed E-state index contributed by atoms with van der Waals surface area (Å²) in [5.74, 6) is -2.10. The molecule has 0 aromatic rings. The first-order valence-corrected chi connectivity index (χ1v) is 5.13. The van der Waals surface area contributed by atoms with Crippen molar-refractivity contribution in [3.05, 3.63) is 12.2 Å². The fourth-order valence-corrected chi connectivity index (χ4v) is 0.814. The average molecular weight is 244 g/mol. The number of ether oxygens (including phenoxy) is 2. The molecule has 0 amide bonds. The van der Waals surface area contributed by atoms with Crippen LogP contribution >= 0.6 is 0 Å². The number of hydrogen-bond acceptors (Lipinski definition) is 5. The molecule has 0 aliphatic rings. The zero-order chi connectivity index (χ0) is 13.3. The number of carboxylic acid groups (broad SMARTS) is 1. The van der Waals surface area contributed by atoms with Crippen LogP contribution in [-0.2, 0) is 23.9 Å². The van der Waals surface area contributed by atoms with Gasteiger partial charge in [-0.3, -0.25) is 9.59 Å². The number of esters is 2. The molecule has 0 aliphatic heterocycles. The first-order valence-electron chi connectivity index (χ1n) is 5.13. The summed E-state index contributed by atoms with van der Waals surface area (Å²) in [7, 11) is 0. The third-order valence-corrected chi connectivity index (χ3v) is 1.68. The second-order valence-electron chi connectivity index (χ2n) is 3.38. The monoisotopic (exact) mass is 244 g/mol. The van der Waals surface area contributed by atoms with Gasteiger partial charge in [0.05, 0.1) is 26.1 Å². The van der Waals surface area contributed by atoms with E-state index in [9.17, 15) is 14.4 Å². The van der Waals surface area contributed by atoms with Crippen molar-refractivity contribution in [3.63, 3.8) is 0 Å². The second kappa shape index (κ2) is 8.32. The molecule has 0 unspecified atom stereocenters. The molecule has 0 aromatic heterocycles. The minimum atomic E-state index is -1.04. The van der Waals surface area contributed by atoms with E-state index in [1.807, 2.05) is 0 Å². The lowest BCUT2D eigenvalue weighted by Crippen LogP contribution is -2.11. The molecule has 0 aromatic carbocycles. The minimum absolute atomic E-state index is 0.0991. The Morgan fingerprint density at radius 1 is 1.12 bits per heavy atom. The van der Waals surface area contributed by atoms with Crippen LogP contribution in [0.3, 0.4) is 0 Å². The van der Waals surface area contributed by atoms with E-state index in [4.69, 9.17) is 14.6 Å². The predicted octanol–water partition coefficient (Wildman–Crippen LogP) is 0.904. The van der Waals surface area contributed by atoms with Crippen LogP contribution in [0.1, 0.15) is 26.2 Å². The van der Waals surface area contributed by atoms with Crippen LogP contribution in [0.25, 0.3) is 0 Å². The molecule has 0 bridgehead atoms. The van der Waals surface area contributed by atoms with Crippen LogP contribution in [0.5, 0.6) is 0 Å². The van der Waals surface area contributed by atoms with Crippen LogP contribution < -0.4 is 0 Å². The maximum Gasteiger partial charge on any atom is 0.333 e. The molecular weight excluding hydrogens is 228 g/mol.